The van der Waals surface area contributed by atoms with Gasteiger partial charge in [-0.3, -0.25) is 9.59 Å². The first kappa shape index (κ1) is 17.7. The van der Waals surface area contributed by atoms with Crippen LogP contribution in [0.4, 0.5) is 5.69 Å². The molecule has 0 heterocycles. The molecule has 1 aliphatic carbocycles. The highest BCUT2D eigenvalue weighted by Crippen LogP contribution is 2.30. The van der Waals surface area contributed by atoms with Crippen LogP contribution in [0.2, 0.25) is 0 Å². The van der Waals surface area contributed by atoms with Crippen molar-refractivity contribution in [2.24, 2.45) is 5.92 Å². The molecule has 0 bridgehead atoms. The van der Waals surface area contributed by atoms with Gasteiger partial charge in [0.2, 0.25) is 5.91 Å². The van der Waals surface area contributed by atoms with Gasteiger partial charge in [0.05, 0.1) is 5.56 Å². The Bertz CT molecular complexity index is 783. The summed E-state index contributed by atoms with van der Waals surface area (Å²) in [4.78, 5) is 35.4. The second-order valence-electron chi connectivity index (χ2n) is 6.18. The average molecular weight is 352 g/mol. The number of hydrogen-bond acceptors (Lipinski definition) is 4. The Kier molecular flexibility index (Phi) is 5.63. The molecule has 2 amide bonds. The number of benzene rings is 2. The van der Waals surface area contributed by atoms with Gasteiger partial charge in [0.15, 0.2) is 6.61 Å². The van der Waals surface area contributed by atoms with E-state index in [4.69, 9.17) is 4.74 Å². The lowest BCUT2D eigenvalue weighted by Gasteiger charge is -2.08. The first-order valence-corrected chi connectivity index (χ1v) is 8.50. The molecule has 0 aromatic heterocycles. The minimum absolute atomic E-state index is 0.00964. The maximum absolute atomic E-state index is 12.0. The van der Waals surface area contributed by atoms with E-state index in [-0.39, 0.29) is 24.3 Å². The summed E-state index contributed by atoms with van der Waals surface area (Å²) in [6.07, 6.45) is 1.87. The third-order valence-corrected chi connectivity index (χ3v) is 4.00. The number of carbonyl (C=O) groups excluding carboxylic acids is 3. The van der Waals surface area contributed by atoms with Crippen molar-refractivity contribution in [3.05, 3.63) is 65.7 Å². The molecular formula is C20H20N2O4. The molecule has 0 atom stereocenters. The standard InChI is InChI=1S/C20H20N2O4/c23-18(21-12-14-4-2-1-3-5-14)13-26-20(25)16-8-10-17(11-9-16)22-19(24)15-6-7-15/h1-5,8-11,15H,6-7,12-13H2,(H,21,23)(H,22,24). The molecule has 2 aromatic rings. The number of anilines is 1. The molecule has 2 aromatic carbocycles. The fourth-order valence-corrected chi connectivity index (χ4v) is 2.34. The van der Waals surface area contributed by atoms with E-state index in [1.54, 1.807) is 24.3 Å². The average Bonchev–Trinajstić information content (AvgIpc) is 3.51. The first-order valence-electron chi connectivity index (χ1n) is 8.50. The highest BCUT2D eigenvalue weighted by atomic mass is 16.5. The Labute approximate surface area is 151 Å². The SMILES string of the molecule is O=C(COC(=O)c1ccc(NC(=O)C2CC2)cc1)NCc1ccccc1. The zero-order valence-corrected chi connectivity index (χ0v) is 14.2. The van der Waals surface area contributed by atoms with Crippen molar-refractivity contribution < 1.29 is 19.1 Å². The van der Waals surface area contributed by atoms with Gasteiger partial charge in [-0.25, -0.2) is 4.79 Å². The number of hydrogen-bond donors (Lipinski definition) is 2. The fraction of sp³-hybridized carbons (Fsp3) is 0.250. The second kappa shape index (κ2) is 8.29. The largest absolute Gasteiger partial charge is 0.452 e. The topological polar surface area (TPSA) is 84.5 Å². The monoisotopic (exact) mass is 352 g/mol. The van der Waals surface area contributed by atoms with E-state index in [9.17, 15) is 14.4 Å². The molecule has 1 fully saturated rings. The molecule has 0 aliphatic heterocycles. The summed E-state index contributed by atoms with van der Waals surface area (Å²) < 4.78 is 5.01. The van der Waals surface area contributed by atoms with Gasteiger partial charge in [0, 0.05) is 18.2 Å². The first-order chi connectivity index (χ1) is 12.6. The highest BCUT2D eigenvalue weighted by molar-refractivity contribution is 5.95. The van der Waals surface area contributed by atoms with E-state index in [1.165, 1.54) is 0 Å². The van der Waals surface area contributed by atoms with Crippen molar-refractivity contribution in [2.75, 3.05) is 11.9 Å². The van der Waals surface area contributed by atoms with Crippen molar-refractivity contribution in [2.45, 2.75) is 19.4 Å². The van der Waals surface area contributed by atoms with Gasteiger partial charge in [-0.1, -0.05) is 30.3 Å². The third-order valence-electron chi connectivity index (χ3n) is 4.00. The summed E-state index contributed by atoms with van der Waals surface area (Å²) >= 11 is 0. The summed E-state index contributed by atoms with van der Waals surface area (Å²) in [7, 11) is 0. The molecule has 2 N–H and O–H groups in total. The maximum Gasteiger partial charge on any atom is 0.338 e. The van der Waals surface area contributed by atoms with E-state index in [1.807, 2.05) is 30.3 Å². The lowest BCUT2D eigenvalue weighted by Crippen LogP contribution is -2.28. The maximum atomic E-state index is 12.0. The van der Waals surface area contributed by atoms with Crippen LogP contribution in [0.15, 0.2) is 54.6 Å². The zero-order valence-electron chi connectivity index (χ0n) is 14.2. The van der Waals surface area contributed by atoms with E-state index in [0.717, 1.165) is 18.4 Å². The van der Waals surface area contributed by atoms with Crippen LogP contribution < -0.4 is 10.6 Å². The molecule has 134 valence electrons. The van der Waals surface area contributed by atoms with Gasteiger partial charge in [0.1, 0.15) is 0 Å². The van der Waals surface area contributed by atoms with Crippen molar-refractivity contribution >= 4 is 23.5 Å². The number of nitrogens with one attached hydrogen (secondary N) is 2. The van der Waals surface area contributed by atoms with Gasteiger partial charge in [-0.05, 0) is 42.7 Å². The fourth-order valence-electron chi connectivity index (χ4n) is 2.34. The Balaban J connectivity index is 1.42. The van der Waals surface area contributed by atoms with Crippen LogP contribution in [0.3, 0.4) is 0 Å². The normalized spacial score (nSPS) is 12.9. The van der Waals surface area contributed by atoms with E-state index in [2.05, 4.69) is 10.6 Å². The summed E-state index contributed by atoms with van der Waals surface area (Å²) in [5.74, 6) is -0.820. The molecular weight excluding hydrogens is 332 g/mol. The predicted molar refractivity (Wildman–Crippen MR) is 96.4 cm³/mol. The number of carbonyl (C=O) groups is 3. The van der Waals surface area contributed by atoms with Gasteiger partial charge in [0.25, 0.3) is 5.91 Å². The van der Waals surface area contributed by atoms with Crippen molar-refractivity contribution in [1.82, 2.24) is 5.32 Å². The van der Waals surface area contributed by atoms with E-state index < -0.39 is 5.97 Å². The Morgan fingerprint density at radius 1 is 0.962 bits per heavy atom. The van der Waals surface area contributed by atoms with Crippen LogP contribution in [-0.2, 0) is 20.9 Å². The molecule has 6 nitrogen and oxygen atoms in total. The van der Waals surface area contributed by atoms with Gasteiger partial charge >= 0.3 is 5.97 Å². The smallest absolute Gasteiger partial charge is 0.338 e. The summed E-state index contributed by atoms with van der Waals surface area (Å²) in [5.41, 5.74) is 1.93. The van der Waals surface area contributed by atoms with Crippen LogP contribution in [0.25, 0.3) is 0 Å². The molecule has 3 rings (SSSR count). The lowest BCUT2D eigenvalue weighted by atomic mass is 10.2. The van der Waals surface area contributed by atoms with Crippen LogP contribution >= 0.6 is 0 Å². The molecule has 0 radical (unpaired) electrons. The van der Waals surface area contributed by atoms with Crippen LogP contribution in [-0.4, -0.2) is 24.4 Å². The molecule has 26 heavy (non-hydrogen) atoms. The van der Waals surface area contributed by atoms with E-state index in [0.29, 0.717) is 17.8 Å². The van der Waals surface area contributed by atoms with Crippen molar-refractivity contribution in [3.8, 4) is 0 Å². The number of ether oxygens (including phenoxy) is 1. The molecule has 0 unspecified atom stereocenters. The summed E-state index contributed by atoms with van der Waals surface area (Å²) in [5, 5.41) is 5.49. The van der Waals surface area contributed by atoms with Gasteiger partial charge < -0.3 is 15.4 Å². The number of esters is 1. The Hall–Kier alpha value is -3.15. The number of amides is 2. The Morgan fingerprint density at radius 3 is 2.31 bits per heavy atom. The van der Waals surface area contributed by atoms with Crippen molar-refractivity contribution in [3.63, 3.8) is 0 Å². The second-order valence-corrected chi connectivity index (χ2v) is 6.18. The van der Waals surface area contributed by atoms with Gasteiger partial charge in [-0.15, -0.1) is 0 Å². The third kappa shape index (κ3) is 5.17. The molecule has 0 saturated heterocycles. The zero-order chi connectivity index (χ0) is 18.4. The molecule has 0 spiro atoms. The highest BCUT2D eigenvalue weighted by Gasteiger charge is 2.29. The molecule has 1 saturated carbocycles. The Morgan fingerprint density at radius 2 is 1.65 bits per heavy atom. The minimum Gasteiger partial charge on any atom is -0.452 e. The van der Waals surface area contributed by atoms with Gasteiger partial charge in [-0.2, -0.15) is 0 Å². The summed E-state index contributed by atoms with van der Waals surface area (Å²) in [6.45, 7) is 0.0401. The van der Waals surface area contributed by atoms with Crippen molar-refractivity contribution in [1.29, 1.82) is 0 Å². The predicted octanol–water partition coefficient (Wildman–Crippen LogP) is 2.51. The minimum atomic E-state index is -0.583. The quantitative estimate of drug-likeness (QED) is 0.750. The van der Waals surface area contributed by atoms with Crippen LogP contribution in [0.5, 0.6) is 0 Å². The van der Waals surface area contributed by atoms with Crippen LogP contribution in [0.1, 0.15) is 28.8 Å². The van der Waals surface area contributed by atoms with E-state index >= 15 is 0 Å². The number of rotatable bonds is 7. The summed E-state index contributed by atoms with van der Waals surface area (Å²) in [6, 6.07) is 15.9. The van der Waals surface area contributed by atoms with Crippen LogP contribution in [0, 0.1) is 5.92 Å². The lowest BCUT2D eigenvalue weighted by molar-refractivity contribution is -0.124. The molecule has 6 heteroatoms. The molecule has 1 aliphatic rings.